The number of thioether (sulfide) groups is 1. The summed E-state index contributed by atoms with van der Waals surface area (Å²) in [6.45, 7) is 3.07. The molecule has 3 aromatic rings. The Kier molecular flexibility index (Phi) is 5.94. The van der Waals surface area contributed by atoms with Crippen LogP contribution in [0.1, 0.15) is 25.3 Å². The van der Waals surface area contributed by atoms with Crippen LogP contribution in [0.3, 0.4) is 0 Å². The normalized spacial score (nSPS) is 13.4. The summed E-state index contributed by atoms with van der Waals surface area (Å²) in [6, 6.07) is 16.8. The number of hydrogen-bond acceptors (Lipinski definition) is 4. The molecule has 1 aromatic heterocycles. The first-order valence-corrected chi connectivity index (χ1v) is 10.8. The average molecular weight is 411 g/mol. The number of amides is 1. The fourth-order valence-corrected chi connectivity index (χ4v) is 4.20. The summed E-state index contributed by atoms with van der Waals surface area (Å²) in [7, 11) is 0. The van der Waals surface area contributed by atoms with Crippen LogP contribution >= 0.6 is 11.8 Å². The molecule has 150 valence electrons. The molecule has 29 heavy (non-hydrogen) atoms. The van der Waals surface area contributed by atoms with Crippen molar-refractivity contribution >= 4 is 17.7 Å². The lowest BCUT2D eigenvalue weighted by Crippen LogP contribution is -2.34. The lowest BCUT2D eigenvalue weighted by atomic mass is 10.2. The van der Waals surface area contributed by atoms with Crippen LogP contribution in [0.15, 0.2) is 59.8 Å². The number of aromatic nitrogens is 3. The summed E-state index contributed by atoms with van der Waals surface area (Å²) in [6.07, 6.45) is 1.96. The summed E-state index contributed by atoms with van der Waals surface area (Å²) in [5, 5.41) is 9.35. The number of hydrogen-bond donors (Lipinski definition) is 0. The first kappa shape index (κ1) is 19.6. The van der Waals surface area contributed by atoms with E-state index >= 15 is 0 Å². The smallest absolute Gasteiger partial charge is 0.233 e. The Morgan fingerprint density at radius 2 is 1.86 bits per heavy atom. The van der Waals surface area contributed by atoms with Crippen LogP contribution < -0.4 is 0 Å². The van der Waals surface area contributed by atoms with Crippen molar-refractivity contribution in [1.29, 1.82) is 0 Å². The van der Waals surface area contributed by atoms with Gasteiger partial charge in [-0.3, -0.25) is 4.79 Å². The predicted molar refractivity (Wildman–Crippen MR) is 112 cm³/mol. The van der Waals surface area contributed by atoms with Gasteiger partial charge in [-0.05, 0) is 25.8 Å². The molecule has 0 N–H and O–H groups in total. The van der Waals surface area contributed by atoms with E-state index in [1.54, 1.807) is 23.1 Å². The number of carbonyl (C=O) groups excluding carboxylic acids is 1. The van der Waals surface area contributed by atoms with Crippen molar-refractivity contribution in [3.05, 3.63) is 66.0 Å². The third-order valence-corrected chi connectivity index (χ3v) is 5.95. The van der Waals surface area contributed by atoms with E-state index in [9.17, 15) is 9.18 Å². The van der Waals surface area contributed by atoms with E-state index in [1.165, 1.54) is 17.8 Å². The highest BCUT2D eigenvalue weighted by molar-refractivity contribution is 7.99. The van der Waals surface area contributed by atoms with Crippen molar-refractivity contribution in [2.45, 2.75) is 44.1 Å². The molecule has 1 amide bonds. The maximum atomic E-state index is 14.0. The second-order valence-electron chi connectivity index (χ2n) is 7.05. The van der Waals surface area contributed by atoms with Gasteiger partial charge in [-0.1, -0.05) is 60.3 Å². The molecule has 0 radical (unpaired) electrons. The van der Waals surface area contributed by atoms with E-state index in [-0.39, 0.29) is 23.5 Å². The first-order chi connectivity index (χ1) is 14.2. The van der Waals surface area contributed by atoms with Gasteiger partial charge in [-0.15, -0.1) is 10.2 Å². The summed E-state index contributed by atoms with van der Waals surface area (Å²) < 4.78 is 16.1. The van der Waals surface area contributed by atoms with Crippen molar-refractivity contribution in [2.24, 2.45) is 0 Å². The molecule has 0 spiro atoms. The van der Waals surface area contributed by atoms with Crippen molar-refractivity contribution in [3.8, 4) is 11.4 Å². The highest BCUT2D eigenvalue weighted by Crippen LogP contribution is 2.30. The largest absolute Gasteiger partial charge is 0.335 e. The van der Waals surface area contributed by atoms with Crippen LogP contribution in [-0.2, 0) is 17.9 Å². The minimum atomic E-state index is -0.267. The molecule has 0 aliphatic heterocycles. The molecule has 7 heteroatoms. The van der Waals surface area contributed by atoms with Gasteiger partial charge in [0.05, 0.1) is 5.75 Å². The van der Waals surface area contributed by atoms with Gasteiger partial charge in [0.25, 0.3) is 0 Å². The van der Waals surface area contributed by atoms with Gasteiger partial charge in [0, 0.05) is 30.3 Å². The minimum Gasteiger partial charge on any atom is -0.335 e. The highest BCUT2D eigenvalue weighted by Gasteiger charge is 2.33. The monoisotopic (exact) mass is 410 g/mol. The van der Waals surface area contributed by atoms with Crippen LogP contribution in [0, 0.1) is 5.82 Å². The van der Waals surface area contributed by atoms with Crippen LogP contribution in [0.25, 0.3) is 11.4 Å². The number of carbonyl (C=O) groups is 1. The zero-order valence-corrected chi connectivity index (χ0v) is 17.1. The Morgan fingerprint density at radius 1 is 1.14 bits per heavy atom. The third kappa shape index (κ3) is 4.50. The fraction of sp³-hybridized carbons (Fsp3) is 0.318. The van der Waals surface area contributed by atoms with Gasteiger partial charge in [-0.25, -0.2) is 4.39 Å². The molecule has 4 rings (SSSR count). The van der Waals surface area contributed by atoms with E-state index < -0.39 is 0 Å². The summed E-state index contributed by atoms with van der Waals surface area (Å²) in [5.74, 6) is 0.802. The number of benzene rings is 2. The zero-order chi connectivity index (χ0) is 20.2. The summed E-state index contributed by atoms with van der Waals surface area (Å²) in [4.78, 5) is 14.7. The van der Waals surface area contributed by atoms with Crippen LogP contribution in [0.5, 0.6) is 0 Å². The molecule has 1 fully saturated rings. The van der Waals surface area contributed by atoms with Gasteiger partial charge in [0.2, 0.25) is 5.91 Å². The molecular formula is C22H23FN4OS. The molecule has 0 bridgehead atoms. The Bertz CT molecular complexity index is 987. The second kappa shape index (κ2) is 8.78. The minimum absolute atomic E-state index is 0.00710. The Labute approximate surface area is 173 Å². The van der Waals surface area contributed by atoms with E-state index in [0.717, 1.165) is 35.9 Å². The average Bonchev–Trinajstić information content (AvgIpc) is 3.50. The van der Waals surface area contributed by atoms with Crippen LogP contribution in [0.2, 0.25) is 0 Å². The molecule has 0 atom stereocenters. The van der Waals surface area contributed by atoms with Gasteiger partial charge in [-0.2, -0.15) is 0 Å². The van der Waals surface area contributed by atoms with Crippen molar-refractivity contribution in [3.63, 3.8) is 0 Å². The van der Waals surface area contributed by atoms with Crippen molar-refractivity contribution in [1.82, 2.24) is 19.7 Å². The first-order valence-electron chi connectivity index (χ1n) is 9.81. The second-order valence-corrected chi connectivity index (χ2v) is 7.99. The van der Waals surface area contributed by atoms with Gasteiger partial charge in [0.1, 0.15) is 5.82 Å². The standard InChI is InChI=1S/C22H23FN4OS/c1-2-26-21(16-8-4-3-5-9-16)24-25-22(26)29-15-20(28)27(18-12-13-18)14-17-10-6-7-11-19(17)23/h3-11,18H,2,12-15H2,1H3. The maximum absolute atomic E-state index is 14.0. The molecule has 1 heterocycles. The maximum Gasteiger partial charge on any atom is 0.233 e. The molecule has 0 saturated heterocycles. The van der Waals surface area contributed by atoms with Gasteiger partial charge < -0.3 is 9.47 Å². The van der Waals surface area contributed by atoms with Crippen molar-refractivity contribution < 1.29 is 9.18 Å². The zero-order valence-electron chi connectivity index (χ0n) is 16.3. The van der Waals surface area contributed by atoms with E-state index in [1.807, 2.05) is 41.8 Å². The quantitative estimate of drug-likeness (QED) is 0.517. The molecule has 1 aliphatic carbocycles. The molecule has 1 aliphatic rings. The molecule has 5 nitrogen and oxygen atoms in total. The fourth-order valence-electron chi connectivity index (χ4n) is 3.31. The SMILES string of the molecule is CCn1c(SCC(=O)N(Cc2ccccc2F)C2CC2)nnc1-c1ccccc1. The Morgan fingerprint density at radius 3 is 2.55 bits per heavy atom. The van der Waals surface area contributed by atoms with E-state index in [0.29, 0.717) is 12.1 Å². The summed E-state index contributed by atoms with van der Waals surface area (Å²) in [5.41, 5.74) is 1.56. The van der Waals surface area contributed by atoms with Gasteiger partial charge >= 0.3 is 0 Å². The number of nitrogens with zero attached hydrogens (tertiary/aromatic N) is 4. The Balaban J connectivity index is 1.46. The van der Waals surface area contributed by atoms with Crippen LogP contribution in [-0.4, -0.2) is 37.4 Å². The molecular weight excluding hydrogens is 387 g/mol. The third-order valence-electron chi connectivity index (χ3n) is 5.00. The molecule has 1 saturated carbocycles. The van der Waals surface area contributed by atoms with E-state index in [4.69, 9.17) is 0 Å². The number of halogens is 1. The lowest BCUT2D eigenvalue weighted by Gasteiger charge is -2.22. The predicted octanol–water partition coefficient (Wildman–Crippen LogP) is 4.39. The van der Waals surface area contributed by atoms with E-state index in [2.05, 4.69) is 10.2 Å². The summed E-state index contributed by atoms with van der Waals surface area (Å²) >= 11 is 1.39. The molecule has 2 aromatic carbocycles. The van der Waals surface area contributed by atoms with Gasteiger partial charge in [0.15, 0.2) is 11.0 Å². The lowest BCUT2D eigenvalue weighted by molar-refractivity contribution is -0.129. The van der Waals surface area contributed by atoms with Crippen LogP contribution in [0.4, 0.5) is 4.39 Å². The highest BCUT2D eigenvalue weighted by atomic mass is 32.2. The Hall–Kier alpha value is -2.67. The topological polar surface area (TPSA) is 51.0 Å². The molecule has 0 unspecified atom stereocenters. The van der Waals surface area contributed by atoms with Crippen molar-refractivity contribution in [2.75, 3.05) is 5.75 Å². The number of rotatable bonds is 8.